The zero-order chi connectivity index (χ0) is 18.4. The Hall–Kier alpha value is -1.63. The van der Waals surface area contributed by atoms with Crippen LogP contribution >= 0.6 is 0 Å². The van der Waals surface area contributed by atoms with E-state index < -0.39 is 23.9 Å². The number of ether oxygens (including phenoxy) is 1. The van der Waals surface area contributed by atoms with E-state index in [-0.39, 0.29) is 29.8 Å². The van der Waals surface area contributed by atoms with Gasteiger partial charge in [0.05, 0.1) is 19.1 Å². The lowest BCUT2D eigenvalue weighted by Gasteiger charge is -2.36. The lowest BCUT2D eigenvalue weighted by molar-refractivity contribution is -0.149. The van der Waals surface area contributed by atoms with Crippen LogP contribution in [0.2, 0.25) is 0 Å². The van der Waals surface area contributed by atoms with E-state index in [1.54, 1.807) is 0 Å². The van der Waals surface area contributed by atoms with E-state index in [9.17, 15) is 19.5 Å². The third-order valence-electron chi connectivity index (χ3n) is 5.01. The molecule has 5 atom stereocenters. The van der Waals surface area contributed by atoms with Gasteiger partial charge in [0.25, 0.3) is 0 Å². The largest absolute Gasteiger partial charge is 0.469 e. The van der Waals surface area contributed by atoms with Crippen molar-refractivity contribution in [3.05, 3.63) is 0 Å². The summed E-state index contributed by atoms with van der Waals surface area (Å²) in [6.07, 6.45) is 0.960. The molecule has 0 spiro atoms. The Morgan fingerprint density at radius 2 is 1.75 bits per heavy atom. The van der Waals surface area contributed by atoms with E-state index in [4.69, 9.17) is 4.74 Å². The van der Waals surface area contributed by atoms with Gasteiger partial charge in [-0.25, -0.2) is 0 Å². The molecule has 3 N–H and O–H groups in total. The van der Waals surface area contributed by atoms with Crippen LogP contribution in [0.5, 0.6) is 0 Å². The Labute approximate surface area is 143 Å². The number of nitrogens with one attached hydrogen (secondary N) is 2. The normalized spacial score (nSPS) is 27.6. The highest BCUT2D eigenvalue weighted by atomic mass is 16.5. The quantitative estimate of drug-likeness (QED) is 0.588. The summed E-state index contributed by atoms with van der Waals surface area (Å²) >= 11 is 0. The second-order valence-corrected chi connectivity index (χ2v) is 6.54. The molecule has 0 aromatic rings. The summed E-state index contributed by atoms with van der Waals surface area (Å²) in [4.78, 5) is 35.2. The highest BCUT2D eigenvalue weighted by molar-refractivity contribution is 5.76. The fourth-order valence-electron chi connectivity index (χ4n) is 3.90. The number of hydrogen-bond acceptors (Lipinski definition) is 5. The van der Waals surface area contributed by atoms with Gasteiger partial charge in [0.15, 0.2) is 0 Å². The molecule has 7 nitrogen and oxygen atoms in total. The minimum Gasteiger partial charge on any atom is -0.469 e. The molecule has 1 aliphatic rings. The van der Waals surface area contributed by atoms with Crippen molar-refractivity contribution in [3.63, 3.8) is 0 Å². The number of rotatable bonds is 7. The van der Waals surface area contributed by atoms with Crippen LogP contribution in [-0.4, -0.2) is 48.2 Å². The third-order valence-corrected chi connectivity index (χ3v) is 5.01. The van der Waals surface area contributed by atoms with Crippen molar-refractivity contribution in [1.82, 2.24) is 10.6 Å². The molecule has 1 saturated carbocycles. The van der Waals surface area contributed by atoms with Gasteiger partial charge in [-0.3, -0.25) is 14.4 Å². The molecule has 1 fully saturated rings. The maximum absolute atomic E-state index is 12.0. The summed E-state index contributed by atoms with van der Waals surface area (Å²) in [7, 11) is 1.28. The second-order valence-electron chi connectivity index (χ2n) is 6.54. The molecule has 138 valence electrons. The predicted octanol–water partition coefficient (Wildman–Crippen LogP) is 0.602. The molecule has 7 heteroatoms. The zero-order valence-electron chi connectivity index (χ0n) is 15.2. The summed E-state index contributed by atoms with van der Waals surface area (Å²) in [5.41, 5.74) is 0. The van der Waals surface area contributed by atoms with Crippen LogP contribution in [0.3, 0.4) is 0 Å². The Kier molecular flexibility index (Phi) is 7.66. The van der Waals surface area contributed by atoms with Gasteiger partial charge in [-0.2, -0.15) is 0 Å². The van der Waals surface area contributed by atoms with Crippen LogP contribution in [0, 0.1) is 17.8 Å². The van der Waals surface area contributed by atoms with Crippen molar-refractivity contribution in [2.24, 2.45) is 17.8 Å². The lowest BCUT2D eigenvalue weighted by Crippen LogP contribution is -2.54. The van der Waals surface area contributed by atoms with Crippen LogP contribution < -0.4 is 10.6 Å². The molecule has 0 aromatic heterocycles. The number of esters is 1. The fourth-order valence-corrected chi connectivity index (χ4v) is 3.90. The first-order chi connectivity index (χ1) is 11.3. The topological polar surface area (TPSA) is 105 Å². The average Bonchev–Trinajstić information content (AvgIpc) is 2.82. The molecule has 0 heterocycles. The van der Waals surface area contributed by atoms with Crippen molar-refractivity contribution in [1.29, 1.82) is 0 Å². The molecule has 24 heavy (non-hydrogen) atoms. The molecule has 2 amide bonds. The van der Waals surface area contributed by atoms with Crippen molar-refractivity contribution in [3.8, 4) is 0 Å². The molecule has 0 aromatic carbocycles. The molecule has 0 bridgehead atoms. The summed E-state index contributed by atoms with van der Waals surface area (Å²) in [6.45, 7) is 6.88. The predicted molar refractivity (Wildman–Crippen MR) is 88.9 cm³/mol. The SMILES string of the molecule is CCC(CC)[C@H](NC(C)=O)[C@@H]1[C@H](O)[C@@H](C(=O)OC)C[C@H]1NC(C)=O. The first kappa shape index (κ1) is 20.4. The first-order valence-corrected chi connectivity index (χ1v) is 8.56. The maximum atomic E-state index is 12.0. The zero-order valence-corrected chi connectivity index (χ0v) is 15.2. The summed E-state index contributed by atoms with van der Waals surface area (Å²) in [6, 6.07) is -0.710. The van der Waals surface area contributed by atoms with Crippen LogP contribution in [-0.2, 0) is 19.1 Å². The van der Waals surface area contributed by atoms with E-state index in [0.717, 1.165) is 12.8 Å². The van der Waals surface area contributed by atoms with Gasteiger partial charge in [-0.1, -0.05) is 26.7 Å². The molecule has 1 aliphatic carbocycles. The van der Waals surface area contributed by atoms with E-state index in [0.29, 0.717) is 6.42 Å². The summed E-state index contributed by atoms with van der Waals surface area (Å²) in [5.74, 6) is -1.92. The number of carbonyl (C=O) groups excluding carboxylic acids is 3. The number of hydrogen-bond donors (Lipinski definition) is 3. The highest BCUT2D eigenvalue weighted by Gasteiger charge is 2.51. The standard InChI is InChI=1S/C17H30N2O5/c1-6-11(7-2)15(19-10(4)21)14-13(18-9(3)20)8-12(16(14)22)17(23)24-5/h11-16,22H,6-8H2,1-5H3,(H,18,20)(H,19,21)/t12-,13+,14+,15-,16+/m0/s1. The summed E-state index contributed by atoms with van der Waals surface area (Å²) in [5, 5.41) is 16.5. The monoisotopic (exact) mass is 342 g/mol. The Balaban J connectivity index is 3.19. The van der Waals surface area contributed by atoms with Gasteiger partial charge in [-0.15, -0.1) is 0 Å². The Morgan fingerprint density at radius 1 is 1.17 bits per heavy atom. The first-order valence-electron chi connectivity index (χ1n) is 8.56. The van der Waals surface area contributed by atoms with Gasteiger partial charge >= 0.3 is 5.97 Å². The molecular formula is C17H30N2O5. The fraction of sp³-hybridized carbons (Fsp3) is 0.824. The lowest BCUT2D eigenvalue weighted by atomic mass is 9.80. The van der Waals surface area contributed by atoms with Crippen molar-refractivity contribution in [2.75, 3.05) is 7.11 Å². The van der Waals surface area contributed by atoms with E-state index in [1.165, 1.54) is 21.0 Å². The third kappa shape index (κ3) is 4.69. The number of aliphatic hydroxyl groups is 1. The maximum Gasteiger partial charge on any atom is 0.311 e. The molecule has 0 saturated heterocycles. The van der Waals surface area contributed by atoms with Crippen molar-refractivity contribution >= 4 is 17.8 Å². The van der Waals surface area contributed by atoms with Gasteiger partial charge < -0.3 is 20.5 Å². The molecule has 0 unspecified atom stereocenters. The number of aliphatic hydroxyl groups excluding tert-OH is 1. The van der Waals surface area contributed by atoms with Gasteiger partial charge in [0.1, 0.15) is 0 Å². The van der Waals surface area contributed by atoms with E-state index in [1.807, 2.05) is 13.8 Å². The van der Waals surface area contributed by atoms with Crippen molar-refractivity contribution in [2.45, 2.75) is 65.1 Å². The molecular weight excluding hydrogens is 312 g/mol. The van der Waals surface area contributed by atoms with Crippen LogP contribution in [0.25, 0.3) is 0 Å². The number of carbonyl (C=O) groups is 3. The van der Waals surface area contributed by atoms with Crippen LogP contribution in [0.1, 0.15) is 47.0 Å². The van der Waals surface area contributed by atoms with Crippen LogP contribution in [0.15, 0.2) is 0 Å². The highest BCUT2D eigenvalue weighted by Crippen LogP contribution is 2.38. The van der Waals surface area contributed by atoms with Gasteiger partial charge in [0.2, 0.25) is 11.8 Å². The van der Waals surface area contributed by atoms with Crippen LogP contribution in [0.4, 0.5) is 0 Å². The molecule has 1 rings (SSSR count). The van der Waals surface area contributed by atoms with Gasteiger partial charge in [-0.05, 0) is 12.3 Å². The van der Waals surface area contributed by atoms with E-state index >= 15 is 0 Å². The summed E-state index contributed by atoms with van der Waals surface area (Å²) < 4.78 is 4.78. The number of methoxy groups -OCH3 is 1. The average molecular weight is 342 g/mol. The smallest absolute Gasteiger partial charge is 0.311 e. The van der Waals surface area contributed by atoms with Crippen molar-refractivity contribution < 1.29 is 24.2 Å². The number of amides is 2. The minimum absolute atomic E-state index is 0.140. The molecule has 0 radical (unpaired) electrons. The second kappa shape index (κ2) is 9.01. The minimum atomic E-state index is -0.980. The van der Waals surface area contributed by atoms with Gasteiger partial charge in [0, 0.05) is 31.8 Å². The van der Waals surface area contributed by atoms with E-state index in [2.05, 4.69) is 10.6 Å². The molecule has 0 aliphatic heterocycles. The Bertz CT molecular complexity index is 464. The Morgan fingerprint density at radius 3 is 2.17 bits per heavy atom.